The summed E-state index contributed by atoms with van der Waals surface area (Å²) in [5.41, 5.74) is 4.25. The molecule has 0 fully saturated rings. The van der Waals surface area contributed by atoms with Crippen molar-refractivity contribution < 1.29 is 19.1 Å². The fraction of sp³-hybridized carbons (Fsp3) is 0.367. The van der Waals surface area contributed by atoms with Gasteiger partial charge in [-0.25, -0.2) is 9.78 Å². The molecule has 1 aliphatic rings. The van der Waals surface area contributed by atoms with E-state index in [4.69, 9.17) is 32.7 Å². The number of pyridine rings is 1. The predicted molar refractivity (Wildman–Crippen MR) is 154 cm³/mol. The third-order valence-corrected chi connectivity index (χ3v) is 7.18. The Morgan fingerprint density at radius 1 is 1.13 bits per heavy atom. The SMILES string of the molecule is Cc1cc(C)c(CN2CCc3c(Cl)cc(N(C)C(=O)OC(C)(C)C)c(Cl)c3C2=O)c(OCc2ccccc2)n1. The average molecular weight is 571 g/mol. The molecule has 0 saturated heterocycles. The minimum absolute atomic E-state index is 0.164. The van der Waals surface area contributed by atoms with Crippen molar-refractivity contribution in [3.8, 4) is 5.88 Å². The number of carbonyl (C=O) groups excluding carboxylic acids is 2. The maximum Gasteiger partial charge on any atom is 0.414 e. The van der Waals surface area contributed by atoms with Crippen LogP contribution >= 0.6 is 23.2 Å². The molecule has 0 unspecified atom stereocenters. The molecule has 0 saturated carbocycles. The highest BCUT2D eigenvalue weighted by molar-refractivity contribution is 6.39. The first kappa shape index (κ1) is 28.7. The molecule has 0 spiro atoms. The summed E-state index contributed by atoms with van der Waals surface area (Å²) in [6.07, 6.45) is -0.0729. The quantitative estimate of drug-likeness (QED) is 0.315. The number of benzene rings is 2. The third-order valence-electron chi connectivity index (χ3n) is 6.46. The van der Waals surface area contributed by atoms with Gasteiger partial charge >= 0.3 is 6.09 Å². The number of hydrogen-bond acceptors (Lipinski definition) is 5. The molecule has 39 heavy (non-hydrogen) atoms. The molecule has 7 nitrogen and oxygen atoms in total. The van der Waals surface area contributed by atoms with Crippen molar-refractivity contribution in [3.63, 3.8) is 0 Å². The van der Waals surface area contributed by atoms with E-state index >= 15 is 0 Å². The van der Waals surface area contributed by atoms with Crippen LogP contribution in [0, 0.1) is 13.8 Å². The highest BCUT2D eigenvalue weighted by Gasteiger charge is 2.33. The van der Waals surface area contributed by atoms with Crippen molar-refractivity contribution in [1.82, 2.24) is 9.88 Å². The van der Waals surface area contributed by atoms with Gasteiger partial charge in [-0.15, -0.1) is 0 Å². The van der Waals surface area contributed by atoms with Crippen molar-refractivity contribution in [1.29, 1.82) is 0 Å². The molecule has 206 valence electrons. The van der Waals surface area contributed by atoms with Crippen molar-refractivity contribution in [2.45, 2.75) is 59.8 Å². The first-order chi connectivity index (χ1) is 18.4. The zero-order chi connectivity index (χ0) is 28.5. The van der Waals surface area contributed by atoms with Crippen LogP contribution in [0.3, 0.4) is 0 Å². The fourth-order valence-corrected chi connectivity index (χ4v) is 5.17. The molecule has 0 radical (unpaired) electrons. The molecule has 1 aromatic heterocycles. The first-order valence-corrected chi connectivity index (χ1v) is 13.5. The van der Waals surface area contributed by atoms with E-state index in [1.54, 1.807) is 38.8 Å². The Kier molecular flexibility index (Phi) is 8.42. The number of halogens is 2. The van der Waals surface area contributed by atoms with Gasteiger partial charge in [0, 0.05) is 29.9 Å². The van der Waals surface area contributed by atoms with Crippen LogP contribution in [0.5, 0.6) is 5.88 Å². The number of fused-ring (bicyclic) bond motifs is 1. The molecule has 2 amide bonds. The molecule has 4 rings (SSSR count). The van der Waals surface area contributed by atoms with Gasteiger partial charge < -0.3 is 14.4 Å². The van der Waals surface area contributed by atoms with E-state index in [0.717, 1.165) is 22.4 Å². The van der Waals surface area contributed by atoms with Gasteiger partial charge in [0.05, 0.1) is 22.8 Å². The number of amides is 2. The summed E-state index contributed by atoms with van der Waals surface area (Å²) in [6.45, 7) is 10.3. The Balaban J connectivity index is 1.63. The summed E-state index contributed by atoms with van der Waals surface area (Å²) in [5.74, 6) is 0.231. The van der Waals surface area contributed by atoms with E-state index in [0.29, 0.717) is 53.8 Å². The van der Waals surface area contributed by atoms with E-state index in [2.05, 4.69) is 4.98 Å². The molecular formula is C30H33Cl2N3O4. The maximum absolute atomic E-state index is 13.8. The lowest BCUT2D eigenvalue weighted by Crippen LogP contribution is -2.39. The molecule has 0 aliphatic carbocycles. The largest absolute Gasteiger partial charge is 0.473 e. The summed E-state index contributed by atoms with van der Waals surface area (Å²) in [4.78, 5) is 34.2. The standard InChI is InChI=1S/C30H33Cl2N3O4/c1-18-14-19(2)33-27(38-17-20-10-8-7-9-11-20)22(18)16-35-13-12-21-23(31)15-24(26(32)25(21)28(35)36)34(6)29(37)39-30(3,4)5/h7-11,14-15H,12-13,16-17H2,1-6H3. The van der Waals surface area contributed by atoms with Gasteiger partial charge in [0.15, 0.2) is 0 Å². The minimum Gasteiger partial charge on any atom is -0.473 e. The van der Waals surface area contributed by atoms with Gasteiger partial charge in [-0.05, 0) is 69.9 Å². The summed E-state index contributed by atoms with van der Waals surface area (Å²) in [5, 5.41) is 0.546. The van der Waals surface area contributed by atoms with Crippen LogP contribution in [0.1, 0.15) is 59.1 Å². The smallest absolute Gasteiger partial charge is 0.414 e. The van der Waals surface area contributed by atoms with Crippen molar-refractivity contribution in [2.75, 3.05) is 18.5 Å². The number of carbonyl (C=O) groups is 2. The highest BCUT2D eigenvalue weighted by atomic mass is 35.5. The lowest BCUT2D eigenvalue weighted by Gasteiger charge is -2.32. The molecule has 2 aromatic carbocycles. The van der Waals surface area contributed by atoms with Crippen molar-refractivity contribution in [2.24, 2.45) is 0 Å². The van der Waals surface area contributed by atoms with Crippen molar-refractivity contribution in [3.05, 3.63) is 86.0 Å². The van der Waals surface area contributed by atoms with E-state index in [1.165, 1.54) is 4.90 Å². The molecule has 9 heteroatoms. The molecule has 0 atom stereocenters. The Morgan fingerprint density at radius 3 is 2.49 bits per heavy atom. The Morgan fingerprint density at radius 2 is 1.82 bits per heavy atom. The zero-order valence-electron chi connectivity index (χ0n) is 23.1. The van der Waals surface area contributed by atoms with Gasteiger partial charge in [0.25, 0.3) is 5.91 Å². The Labute approximate surface area is 239 Å². The van der Waals surface area contributed by atoms with Gasteiger partial charge in [-0.3, -0.25) is 9.69 Å². The predicted octanol–water partition coefficient (Wildman–Crippen LogP) is 7.15. The summed E-state index contributed by atoms with van der Waals surface area (Å²) >= 11 is 13.4. The van der Waals surface area contributed by atoms with Crippen LogP contribution < -0.4 is 9.64 Å². The van der Waals surface area contributed by atoms with Crippen LogP contribution in [0.4, 0.5) is 10.5 Å². The Hall–Kier alpha value is -3.29. The van der Waals surface area contributed by atoms with Crippen LogP contribution in [0.25, 0.3) is 0 Å². The van der Waals surface area contributed by atoms with Gasteiger partial charge in [-0.1, -0.05) is 53.5 Å². The summed E-state index contributed by atoms with van der Waals surface area (Å²) in [7, 11) is 1.54. The topological polar surface area (TPSA) is 72.0 Å². The second kappa shape index (κ2) is 11.4. The van der Waals surface area contributed by atoms with E-state index in [1.807, 2.05) is 50.2 Å². The number of ether oxygens (including phenoxy) is 2. The van der Waals surface area contributed by atoms with E-state index in [9.17, 15) is 9.59 Å². The number of aromatic nitrogens is 1. The lowest BCUT2D eigenvalue weighted by molar-refractivity contribution is 0.0588. The monoisotopic (exact) mass is 569 g/mol. The van der Waals surface area contributed by atoms with E-state index in [-0.39, 0.29) is 10.9 Å². The average Bonchev–Trinajstić information content (AvgIpc) is 2.86. The number of anilines is 1. The first-order valence-electron chi connectivity index (χ1n) is 12.8. The second-order valence-corrected chi connectivity index (χ2v) is 11.5. The van der Waals surface area contributed by atoms with Crippen LogP contribution in [0.2, 0.25) is 10.0 Å². The number of rotatable bonds is 6. The minimum atomic E-state index is -0.692. The molecule has 0 bridgehead atoms. The summed E-state index contributed by atoms with van der Waals surface area (Å²) < 4.78 is 11.6. The lowest BCUT2D eigenvalue weighted by atomic mass is 9.96. The van der Waals surface area contributed by atoms with Gasteiger partial charge in [-0.2, -0.15) is 0 Å². The molecule has 2 heterocycles. The van der Waals surface area contributed by atoms with Gasteiger partial charge in [0.2, 0.25) is 5.88 Å². The zero-order valence-corrected chi connectivity index (χ0v) is 24.6. The van der Waals surface area contributed by atoms with E-state index < -0.39 is 11.7 Å². The number of nitrogens with zero attached hydrogens (tertiary/aromatic N) is 3. The van der Waals surface area contributed by atoms with Crippen LogP contribution in [0.15, 0.2) is 42.5 Å². The number of aryl methyl sites for hydroxylation is 2. The normalized spacial score (nSPS) is 13.2. The molecule has 3 aromatic rings. The molecule has 1 aliphatic heterocycles. The summed E-state index contributed by atoms with van der Waals surface area (Å²) in [6, 6.07) is 13.4. The Bertz CT molecular complexity index is 1400. The second-order valence-electron chi connectivity index (χ2n) is 10.7. The molecule has 0 N–H and O–H groups in total. The van der Waals surface area contributed by atoms with Crippen LogP contribution in [-0.2, 0) is 24.3 Å². The number of hydrogen-bond donors (Lipinski definition) is 0. The van der Waals surface area contributed by atoms with Crippen LogP contribution in [-0.4, -0.2) is 41.1 Å². The molecular weight excluding hydrogens is 537 g/mol. The third kappa shape index (κ3) is 6.48. The van der Waals surface area contributed by atoms with Crippen molar-refractivity contribution >= 4 is 40.9 Å². The van der Waals surface area contributed by atoms with Gasteiger partial charge in [0.1, 0.15) is 12.2 Å². The maximum atomic E-state index is 13.8. The fourth-order valence-electron chi connectivity index (χ4n) is 4.51. The highest BCUT2D eigenvalue weighted by Crippen LogP contribution is 2.40.